The summed E-state index contributed by atoms with van der Waals surface area (Å²) in [4.78, 5) is 26.6. The van der Waals surface area contributed by atoms with Gasteiger partial charge >= 0.3 is 5.69 Å². The highest BCUT2D eigenvalue weighted by Crippen LogP contribution is 1.95. The van der Waals surface area contributed by atoms with Crippen LogP contribution in [0, 0.1) is 11.3 Å². The highest BCUT2D eigenvalue weighted by molar-refractivity contribution is 5.21. The van der Waals surface area contributed by atoms with Crippen molar-refractivity contribution in [3.63, 3.8) is 0 Å². The standard InChI is InChI=1S/C10H14N4O2/c1-7(13(2)3)5-14-6-8(4-11)9(15)12-10(14)16/h6-7H,5H2,1-3H3,(H,12,15,16). The molecule has 0 aliphatic rings. The van der Waals surface area contributed by atoms with Crippen molar-refractivity contribution in [3.05, 3.63) is 32.6 Å². The van der Waals surface area contributed by atoms with Crippen LogP contribution in [0.4, 0.5) is 0 Å². The van der Waals surface area contributed by atoms with Crippen LogP contribution in [0.2, 0.25) is 0 Å². The molecule has 6 nitrogen and oxygen atoms in total. The summed E-state index contributed by atoms with van der Waals surface area (Å²) < 4.78 is 1.34. The second-order valence-electron chi connectivity index (χ2n) is 3.88. The Morgan fingerprint density at radius 1 is 1.56 bits per heavy atom. The second kappa shape index (κ2) is 4.77. The van der Waals surface area contributed by atoms with Crippen molar-refractivity contribution in [2.45, 2.75) is 19.5 Å². The molecule has 1 N–H and O–H groups in total. The summed E-state index contributed by atoms with van der Waals surface area (Å²) in [7, 11) is 3.79. The lowest BCUT2D eigenvalue weighted by Crippen LogP contribution is -2.37. The average molecular weight is 222 g/mol. The summed E-state index contributed by atoms with van der Waals surface area (Å²) in [5.74, 6) is 0. The van der Waals surface area contributed by atoms with Crippen molar-refractivity contribution in [1.29, 1.82) is 5.26 Å². The van der Waals surface area contributed by atoms with E-state index in [1.54, 1.807) is 6.07 Å². The molecule has 0 aromatic carbocycles. The predicted octanol–water partition coefficient (Wildman–Crippen LogP) is -0.642. The summed E-state index contributed by atoms with van der Waals surface area (Å²) in [5, 5.41) is 8.68. The van der Waals surface area contributed by atoms with E-state index in [1.165, 1.54) is 10.8 Å². The predicted molar refractivity (Wildman–Crippen MR) is 59.2 cm³/mol. The number of likely N-dealkylation sites (N-methyl/N-ethyl adjacent to an activating group) is 1. The van der Waals surface area contributed by atoms with Crippen molar-refractivity contribution in [3.8, 4) is 6.07 Å². The first-order valence-electron chi connectivity index (χ1n) is 4.86. The van der Waals surface area contributed by atoms with Gasteiger partial charge < -0.3 is 4.90 Å². The zero-order chi connectivity index (χ0) is 12.3. The quantitative estimate of drug-likeness (QED) is 0.737. The number of rotatable bonds is 3. The molecule has 0 aliphatic heterocycles. The summed E-state index contributed by atoms with van der Waals surface area (Å²) in [5.41, 5.74) is -1.18. The minimum absolute atomic E-state index is 0.0504. The number of nitrogens with zero attached hydrogens (tertiary/aromatic N) is 3. The maximum atomic E-state index is 11.4. The third-order valence-corrected chi connectivity index (χ3v) is 2.47. The Kier molecular flexibility index (Phi) is 3.64. The van der Waals surface area contributed by atoms with E-state index < -0.39 is 11.2 Å². The number of aromatic nitrogens is 2. The first kappa shape index (κ1) is 12.2. The Labute approximate surface area is 92.7 Å². The van der Waals surface area contributed by atoms with Crippen LogP contribution in [0.15, 0.2) is 15.8 Å². The van der Waals surface area contributed by atoms with E-state index in [1.807, 2.05) is 25.9 Å². The van der Waals surface area contributed by atoms with E-state index in [4.69, 9.17) is 5.26 Å². The van der Waals surface area contributed by atoms with E-state index in [0.29, 0.717) is 6.54 Å². The molecule has 1 aromatic heterocycles. The molecule has 0 spiro atoms. The topological polar surface area (TPSA) is 81.9 Å². The number of nitriles is 1. The van der Waals surface area contributed by atoms with Gasteiger partial charge in [0.25, 0.3) is 5.56 Å². The lowest BCUT2D eigenvalue weighted by atomic mass is 10.3. The maximum absolute atomic E-state index is 11.4. The van der Waals surface area contributed by atoms with Crippen LogP contribution in [0.25, 0.3) is 0 Å². The molecule has 1 aromatic rings. The highest BCUT2D eigenvalue weighted by Gasteiger charge is 2.09. The van der Waals surface area contributed by atoms with Crippen LogP contribution >= 0.6 is 0 Å². The lowest BCUT2D eigenvalue weighted by molar-refractivity contribution is 0.280. The molecule has 1 atom stereocenters. The van der Waals surface area contributed by atoms with Crippen LogP contribution in [0.1, 0.15) is 12.5 Å². The Bertz CT molecular complexity index is 521. The number of hydrogen-bond donors (Lipinski definition) is 1. The van der Waals surface area contributed by atoms with Crippen molar-refractivity contribution in [2.24, 2.45) is 0 Å². The largest absolute Gasteiger partial charge is 0.328 e. The molecular weight excluding hydrogens is 208 g/mol. The zero-order valence-electron chi connectivity index (χ0n) is 9.52. The monoisotopic (exact) mass is 222 g/mol. The van der Waals surface area contributed by atoms with Gasteiger partial charge in [-0.1, -0.05) is 0 Å². The van der Waals surface area contributed by atoms with Crippen molar-refractivity contribution >= 4 is 0 Å². The van der Waals surface area contributed by atoms with E-state index in [2.05, 4.69) is 4.98 Å². The van der Waals surface area contributed by atoms with Gasteiger partial charge in [-0.2, -0.15) is 5.26 Å². The smallest absolute Gasteiger partial charge is 0.305 e. The normalized spacial score (nSPS) is 12.4. The van der Waals surface area contributed by atoms with Gasteiger partial charge in [0.2, 0.25) is 0 Å². The van der Waals surface area contributed by atoms with Gasteiger partial charge in [-0.05, 0) is 21.0 Å². The molecule has 86 valence electrons. The van der Waals surface area contributed by atoms with Gasteiger partial charge in [0.05, 0.1) is 0 Å². The number of hydrogen-bond acceptors (Lipinski definition) is 4. The van der Waals surface area contributed by atoms with Gasteiger partial charge in [0.1, 0.15) is 11.6 Å². The molecule has 1 unspecified atom stereocenters. The fraction of sp³-hybridized carbons (Fsp3) is 0.500. The highest BCUT2D eigenvalue weighted by atomic mass is 16.2. The van der Waals surface area contributed by atoms with Gasteiger partial charge in [-0.3, -0.25) is 14.3 Å². The summed E-state index contributed by atoms with van der Waals surface area (Å²) in [6, 6.07) is 1.88. The van der Waals surface area contributed by atoms with Crippen molar-refractivity contribution < 1.29 is 0 Å². The van der Waals surface area contributed by atoms with Gasteiger partial charge in [0, 0.05) is 18.8 Å². The van der Waals surface area contributed by atoms with Crippen LogP contribution in [0.5, 0.6) is 0 Å². The molecule has 0 bridgehead atoms. The Morgan fingerprint density at radius 3 is 2.69 bits per heavy atom. The van der Waals surface area contributed by atoms with Gasteiger partial charge in [0.15, 0.2) is 0 Å². The zero-order valence-corrected chi connectivity index (χ0v) is 9.52. The first-order valence-corrected chi connectivity index (χ1v) is 4.86. The molecule has 0 saturated carbocycles. The van der Waals surface area contributed by atoms with Crippen LogP contribution in [-0.4, -0.2) is 34.6 Å². The summed E-state index contributed by atoms with van der Waals surface area (Å²) in [6.45, 7) is 2.38. The second-order valence-corrected chi connectivity index (χ2v) is 3.88. The van der Waals surface area contributed by atoms with Crippen LogP contribution < -0.4 is 11.2 Å². The molecule has 0 amide bonds. The molecule has 0 radical (unpaired) electrons. The summed E-state index contributed by atoms with van der Waals surface area (Å²) in [6.07, 6.45) is 1.29. The Balaban J connectivity index is 3.12. The molecule has 0 fully saturated rings. The van der Waals surface area contributed by atoms with Crippen LogP contribution in [-0.2, 0) is 6.54 Å². The first-order chi connectivity index (χ1) is 7.45. The van der Waals surface area contributed by atoms with Gasteiger partial charge in [-0.25, -0.2) is 4.79 Å². The van der Waals surface area contributed by atoms with Crippen molar-refractivity contribution in [1.82, 2.24) is 14.5 Å². The van der Waals surface area contributed by atoms with Crippen molar-refractivity contribution in [2.75, 3.05) is 14.1 Å². The third kappa shape index (κ3) is 2.58. The molecule has 1 heterocycles. The molecular formula is C10H14N4O2. The minimum Gasteiger partial charge on any atom is -0.305 e. The fourth-order valence-corrected chi connectivity index (χ4v) is 1.17. The van der Waals surface area contributed by atoms with E-state index in [0.717, 1.165) is 0 Å². The molecule has 6 heteroatoms. The van der Waals surface area contributed by atoms with E-state index in [-0.39, 0.29) is 11.6 Å². The van der Waals surface area contributed by atoms with E-state index >= 15 is 0 Å². The maximum Gasteiger partial charge on any atom is 0.328 e. The van der Waals surface area contributed by atoms with Gasteiger partial charge in [-0.15, -0.1) is 0 Å². The fourth-order valence-electron chi connectivity index (χ4n) is 1.17. The molecule has 16 heavy (non-hydrogen) atoms. The number of H-pyrrole nitrogens is 1. The summed E-state index contributed by atoms with van der Waals surface area (Å²) >= 11 is 0. The minimum atomic E-state index is -0.638. The average Bonchev–Trinajstić information content (AvgIpc) is 2.21. The lowest BCUT2D eigenvalue weighted by Gasteiger charge is -2.20. The van der Waals surface area contributed by atoms with E-state index in [9.17, 15) is 9.59 Å². The molecule has 0 saturated heterocycles. The molecule has 1 rings (SSSR count). The third-order valence-electron chi connectivity index (χ3n) is 2.47. The van der Waals surface area contributed by atoms with Crippen LogP contribution in [0.3, 0.4) is 0 Å². The number of aromatic amines is 1. The number of nitrogens with one attached hydrogen (secondary N) is 1. The SMILES string of the molecule is CC(Cn1cc(C#N)c(=O)[nH]c1=O)N(C)C. The Hall–Kier alpha value is -1.87. The molecule has 0 aliphatic carbocycles. The Morgan fingerprint density at radius 2 is 2.19 bits per heavy atom.